The van der Waals surface area contributed by atoms with Crippen molar-refractivity contribution in [2.24, 2.45) is 0 Å². The van der Waals surface area contributed by atoms with Gasteiger partial charge in [-0.3, -0.25) is 14.4 Å². The molecule has 0 spiro atoms. The van der Waals surface area contributed by atoms with Gasteiger partial charge >= 0.3 is 0 Å². The number of ketones is 2. The summed E-state index contributed by atoms with van der Waals surface area (Å²) in [6.07, 6.45) is -0.330. The molecule has 3 rings (SSSR count). The highest BCUT2D eigenvalue weighted by Crippen LogP contribution is 2.38. The zero-order chi connectivity index (χ0) is 17.4. The normalized spacial score (nSPS) is 12.2. The minimum atomic E-state index is -0.524. The van der Waals surface area contributed by atoms with Gasteiger partial charge < -0.3 is 5.32 Å². The largest absolute Gasteiger partial charge is 0.324 e. The summed E-state index contributed by atoms with van der Waals surface area (Å²) in [5.74, 6) is -1.12. The SMILES string of the molecule is Cc1cc(Br)c2c(c1NC(=O)CC#N)C(=O)c1ccccc1C2=O. The van der Waals surface area contributed by atoms with Crippen LogP contribution in [-0.2, 0) is 4.79 Å². The van der Waals surface area contributed by atoms with Crippen LogP contribution in [0.15, 0.2) is 34.8 Å². The second-order valence-corrected chi connectivity index (χ2v) is 6.24. The average Bonchev–Trinajstić information content (AvgIpc) is 2.55. The number of nitrogens with zero attached hydrogens (tertiary/aromatic N) is 1. The van der Waals surface area contributed by atoms with Gasteiger partial charge in [0.1, 0.15) is 6.42 Å². The Hall–Kier alpha value is -2.78. The fourth-order valence-electron chi connectivity index (χ4n) is 2.79. The highest BCUT2D eigenvalue weighted by molar-refractivity contribution is 9.10. The molecule has 0 saturated heterocycles. The van der Waals surface area contributed by atoms with Crippen LogP contribution < -0.4 is 5.32 Å². The number of anilines is 1. The number of nitrogens with one attached hydrogen (secondary N) is 1. The number of benzene rings is 2. The first-order valence-corrected chi connectivity index (χ1v) is 7.93. The predicted molar refractivity (Wildman–Crippen MR) is 91.0 cm³/mol. The molecule has 0 radical (unpaired) electrons. The molecule has 118 valence electrons. The maximum absolute atomic E-state index is 12.9. The Balaban J connectivity index is 2.26. The number of carbonyl (C=O) groups excluding carboxylic acids is 3. The zero-order valence-electron chi connectivity index (χ0n) is 12.6. The summed E-state index contributed by atoms with van der Waals surface area (Å²) >= 11 is 3.35. The van der Waals surface area contributed by atoms with Gasteiger partial charge in [0.2, 0.25) is 5.91 Å². The predicted octanol–water partition coefficient (Wildman–Crippen LogP) is 3.39. The van der Waals surface area contributed by atoms with Gasteiger partial charge in [0, 0.05) is 15.6 Å². The third kappa shape index (κ3) is 2.43. The molecule has 2 aromatic rings. The Morgan fingerprint density at radius 3 is 2.33 bits per heavy atom. The summed E-state index contributed by atoms with van der Waals surface area (Å²) in [6.45, 7) is 1.73. The molecular weight excluding hydrogens is 372 g/mol. The molecule has 1 amide bonds. The van der Waals surface area contributed by atoms with Crippen LogP contribution in [0.25, 0.3) is 0 Å². The maximum atomic E-state index is 12.9. The molecule has 0 atom stereocenters. The second kappa shape index (κ2) is 6.02. The molecule has 0 fully saturated rings. The van der Waals surface area contributed by atoms with E-state index in [0.717, 1.165) is 0 Å². The van der Waals surface area contributed by atoms with Gasteiger partial charge in [0.15, 0.2) is 11.6 Å². The van der Waals surface area contributed by atoms with E-state index in [0.29, 0.717) is 21.2 Å². The lowest BCUT2D eigenvalue weighted by Crippen LogP contribution is -2.25. The number of aryl methyl sites for hydroxylation is 1. The first-order chi connectivity index (χ1) is 11.5. The average molecular weight is 383 g/mol. The standard InChI is InChI=1S/C18H11BrN2O3/c1-9-8-12(19)14-15(16(9)21-13(22)6-7-20)18(24)11-5-3-2-4-10(11)17(14)23/h2-5,8H,6H2,1H3,(H,21,22). The number of amides is 1. The third-order valence-electron chi connectivity index (χ3n) is 3.85. The Bertz CT molecular complexity index is 957. The number of halogens is 1. The number of carbonyl (C=O) groups is 3. The van der Waals surface area contributed by atoms with E-state index in [9.17, 15) is 14.4 Å². The molecule has 2 aromatic carbocycles. The number of fused-ring (bicyclic) bond motifs is 2. The van der Waals surface area contributed by atoms with Crippen LogP contribution in [0.2, 0.25) is 0 Å². The van der Waals surface area contributed by atoms with Crippen LogP contribution >= 0.6 is 15.9 Å². The van der Waals surface area contributed by atoms with E-state index in [2.05, 4.69) is 21.2 Å². The first-order valence-electron chi connectivity index (χ1n) is 7.14. The molecule has 0 unspecified atom stereocenters. The van der Waals surface area contributed by atoms with Crippen LogP contribution in [0.5, 0.6) is 0 Å². The summed E-state index contributed by atoms with van der Waals surface area (Å²) in [7, 11) is 0. The molecule has 1 aliphatic rings. The molecule has 0 saturated carbocycles. The molecule has 6 heteroatoms. The molecule has 24 heavy (non-hydrogen) atoms. The highest BCUT2D eigenvalue weighted by atomic mass is 79.9. The minimum Gasteiger partial charge on any atom is -0.324 e. The summed E-state index contributed by atoms with van der Waals surface area (Å²) in [5, 5.41) is 11.2. The Morgan fingerprint density at radius 1 is 1.17 bits per heavy atom. The van der Waals surface area contributed by atoms with Crippen LogP contribution in [0.1, 0.15) is 43.8 Å². The van der Waals surface area contributed by atoms with Crippen LogP contribution in [-0.4, -0.2) is 17.5 Å². The van der Waals surface area contributed by atoms with Gasteiger partial charge in [-0.25, -0.2) is 0 Å². The van der Waals surface area contributed by atoms with Crippen molar-refractivity contribution in [3.05, 3.63) is 62.6 Å². The van der Waals surface area contributed by atoms with Crippen molar-refractivity contribution in [2.45, 2.75) is 13.3 Å². The summed E-state index contributed by atoms with van der Waals surface area (Å²) in [6, 6.07) is 10.0. The minimum absolute atomic E-state index is 0.164. The Kier molecular flexibility index (Phi) is 4.04. The molecule has 0 aliphatic heterocycles. The number of nitriles is 1. The van der Waals surface area contributed by atoms with Crippen molar-refractivity contribution in [1.82, 2.24) is 0 Å². The van der Waals surface area contributed by atoms with E-state index in [1.165, 1.54) is 0 Å². The maximum Gasteiger partial charge on any atom is 0.238 e. The highest BCUT2D eigenvalue weighted by Gasteiger charge is 2.34. The molecule has 0 bridgehead atoms. The van der Waals surface area contributed by atoms with E-state index < -0.39 is 5.91 Å². The van der Waals surface area contributed by atoms with Crippen molar-refractivity contribution in [3.63, 3.8) is 0 Å². The molecule has 1 aliphatic carbocycles. The van der Waals surface area contributed by atoms with Gasteiger partial charge in [-0.15, -0.1) is 0 Å². The molecule has 5 nitrogen and oxygen atoms in total. The van der Waals surface area contributed by atoms with Crippen molar-refractivity contribution in [3.8, 4) is 6.07 Å². The Labute approximate surface area is 146 Å². The zero-order valence-corrected chi connectivity index (χ0v) is 14.2. The molecule has 1 N–H and O–H groups in total. The number of hydrogen-bond donors (Lipinski definition) is 1. The molecule has 0 aromatic heterocycles. The smallest absolute Gasteiger partial charge is 0.238 e. The topological polar surface area (TPSA) is 87.0 Å². The van der Waals surface area contributed by atoms with Crippen molar-refractivity contribution >= 4 is 39.1 Å². The summed E-state index contributed by atoms with van der Waals surface area (Å²) in [4.78, 5) is 37.6. The van der Waals surface area contributed by atoms with Gasteiger partial charge in [-0.05, 0) is 34.5 Å². The lowest BCUT2D eigenvalue weighted by molar-refractivity contribution is -0.115. The number of rotatable bonds is 2. The van der Waals surface area contributed by atoms with Crippen LogP contribution in [0.4, 0.5) is 5.69 Å². The van der Waals surface area contributed by atoms with Crippen LogP contribution in [0, 0.1) is 18.3 Å². The summed E-state index contributed by atoms with van der Waals surface area (Å²) < 4.78 is 0.501. The van der Waals surface area contributed by atoms with E-state index in [-0.39, 0.29) is 34.8 Å². The van der Waals surface area contributed by atoms with E-state index in [1.807, 2.05) is 0 Å². The molecule has 0 heterocycles. The van der Waals surface area contributed by atoms with Gasteiger partial charge in [0.05, 0.1) is 22.9 Å². The van der Waals surface area contributed by atoms with E-state index in [1.54, 1.807) is 43.3 Å². The van der Waals surface area contributed by atoms with Gasteiger partial charge in [0.25, 0.3) is 0 Å². The first kappa shape index (κ1) is 16.1. The lowest BCUT2D eigenvalue weighted by Gasteiger charge is -2.23. The van der Waals surface area contributed by atoms with E-state index >= 15 is 0 Å². The summed E-state index contributed by atoms with van der Waals surface area (Å²) in [5.41, 5.74) is 1.96. The monoisotopic (exact) mass is 382 g/mol. The van der Waals surface area contributed by atoms with Crippen molar-refractivity contribution < 1.29 is 14.4 Å². The van der Waals surface area contributed by atoms with Crippen molar-refractivity contribution in [2.75, 3.05) is 5.32 Å². The number of hydrogen-bond acceptors (Lipinski definition) is 4. The second-order valence-electron chi connectivity index (χ2n) is 5.39. The lowest BCUT2D eigenvalue weighted by atomic mass is 9.82. The van der Waals surface area contributed by atoms with Crippen molar-refractivity contribution in [1.29, 1.82) is 5.26 Å². The van der Waals surface area contributed by atoms with E-state index in [4.69, 9.17) is 5.26 Å². The third-order valence-corrected chi connectivity index (χ3v) is 4.48. The Morgan fingerprint density at radius 2 is 1.75 bits per heavy atom. The van der Waals surface area contributed by atoms with Gasteiger partial charge in [-0.1, -0.05) is 24.3 Å². The van der Waals surface area contributed by atoms with Crippen LogP contribution in [0.3, 0.4) is 0 Å². The fraction of sp³-hybridized carbons (Fsp3) is 0.111. The molecular formula is C18H11BrN2O3. The fourth-order valence-corrected chi connectivity index (χ4v) is 3.51. The quantitative estimate of drug-likeness (QED) is 0.735. The van der Waals surface area contributed by atoms with Gasteiger partial charge in [-0.2, -0.15) is 5.26 Å².